The lowest BCUT2D eigenvalue weighted by Gasteiger charge is -2.28. The van der Waals surface area contributed by atoms with Gasteiger partial charge in [-0.15, -0.1) is 0 Å². The molecule has 1 saturated heterocycles. The monoisotopic (exact) mass is 301 g/mol. The van der Waals surface area contributed by atoms with Crippen LogP contribution < -0.4 is 4.90 Å². The molecule has 14 heavy (non-hydrogen) atoms. The minimum absolute atomic E-state index is 0.753. The maximum Gasteiger partial charge on any atom is 0.145 e. The van der Waals surface area contributed by atoms with E-state index in [1.807, 2.05) is 6.20 Å². The molecule has 0 amide bonds. The minimum atomic E-state index is 0.753. The predicted octanol–water partition coefficient (Wildman–Crippen LogP) is 2.07. The maximum atomic E-state index is 4.39. The fourth-order valence-corrected chi connectivity index (χ4v) is 3.31. The molecule has 0 spiro atoms. The lowest BCUT2D eigenvalue weighted by molar-refractivity contribution is 0.549. The molecule has 1 aliphatic heterocycles. The molecule has 2 bridgehead atoms. The summed E-state index contributed by atoms with van der Waals surface area (Å²) < 4.78 is 1.18. The number of hydrogen-bond donors (Lipinski definition) is 0. The van der Waals surface area contributed by atoms with Crippen LogP contribution in [0.2, 0.25) is 0 Å². The molecule has 3 rings (SSSR count). The van der Waals surface area contributed by atoms with E-state index in [9.17, 15) is 0 Å². The Morgan fingerprint density at radius 1 is 1.43 bits per heavy atom. The van der Waals surface area contributed by atoms with Crippen molar-refractivity contribution in [3.63, 3.8) is 0 Å². The van der Waals surface area contributed by atoms with Crippen molar-refractivity contribution in [2.45, 2.75) is 25.3 Å². The second-order valence-corrected chi connectivity index (χ2v) is 5.34. The summed E-state index contributed by atoms with van der Waals surface area (Å²) in [6, 6.07) is 0.753. The highest BCUT2D eigenvalue weighted by Crippen LogP contribution is 2.40. The van der Waals surface area contributed by atoms with E-state index >= 15 is 0 Å². The topological polar surface area (TPSA) is 29.0 Å². The highest BCUT2D eigenvalue weighted by atomic mass is 127. The first-order valence-corrected chi connectivity index (χ1v) is 6.14. The number of fused-ring (bicyclic) bond motifs is 2. The standard InChI is InChI=1S/C10H12IN3/c11-9-4-12-6-13-10(9)14-5-7-1-2-8(14)3-7/h4,6-8H,1-3,5H2. The maximum absolute atomic E-state index is 4.39. The van der Waals surface area contributed by atoms with E-state index in [2.05, 4.69) is 37.5 Å². The van der Waals surface area contributed by atoms with E-state index in [1.54, 1.807) is 6.33 Å². The molecule has 0 N–H and O–H groups in total. The first kappa shape index (κ1) is 8.88. The largest absolute Gasteiger partial charge is 0.352 e. The van der Waals surface area contributed by atoms with Gasteiger partial charge in [0.1, 0.15) is 12.1 Å². The van der Waals surface area contributed by atoms with Gasteiger partial charge < -0.3 is 4.90 Å². The molecule has 2 fully saturated rings. The Balaban J connectivity index is 1.93. The molecule has 4 heteroatoms. The molecule has 2 heterocycles. The van der Waals surface area contributed by atoms with Gasteiger partial charge in [0.05, 0.1) is 3.57 Å². The summed E-state index contributed by atoms with van der Waals surface area (Å²) in [5, 5.41) is 0. The summed E-state index contributed by atoms with van der Waals surface area (Å²) in [7, 11) is 0. The number of halogens is 1. The van der Waals surface area contributed by atoms with Gasteiger partial charge in [-0.2, -0.15) is 0 Å². The second-order valence-electron chi connectivity index (χ2n) is 4.18. The van der Waals surface area contributed by atoms with Crippen molar-refractivity contribution in [3.8, 4) is 0 Å². The van der Waals surface area contributed by atoms with E-state index in [0.29, 0.717) is 0 Å². The van der Waals surface area contributed by atoms with Gasteiger partial charge in [0.15, 0.2) is 0 Å². The minimum Gasteiger partial charge on any atom is -0.352 e. The molecule has 2 aliphatic rings. The molecule has 1 aromatic heterocycles. The summed E-state index contributed by atoms with van der Waals surface area (Å²) in [5.74, 6) is 2.07. The van der Waals surface area contributed by atoms with Crippen LogP contribution >= 0.6 is 22.6 Å². The second kappa shape index (κ2) is 3.32. The fraction of sp³-hybridized carbons (Fsp3) is 0.600. The van der Waals surface area contributed by atoms with Crippen LogP contribution in [0.1, 0.15) is 19.3 Å². The predicted molar refractivity (Wildman–Crippen MR) is 63.2 cm³/mol. The van der Waals surface area contributed by atoms with Gasteiger partial charge in [0, 0.05) is 18.8 Å². The van der Waals surface area contributed by atoms with Gasteiger partial charge >= 0.3 is 0 Å². The van der Waals surface area contributed by atoms with Crippen molar-refractivity contribution in [1.82, 2.24) is 9.97 Å². The number of nitrogens with zero attached hydrogens (tertiary/aromatic N) is 3. The Morgan fingerprint density at radius 2 is 2.36 bits per heavy atom. The quantitative estimate of drug-likeness (QED) is 0.744. The SMILES string of the molecule is Ic1cncnc1N1CC2CCC1C2. The first-order valence-electron chi connectivity index (χ1n) is 5.07. The van der Waals surface area contributed by atoms with Crippen molar-refractivity contribution in [3.05, 3.63) is 16.1 Å². The Bertz CT molecular complexity index is 355. The van der Waals surface area contributed by atoms with Crippen LogP contribution in [0, 0.1) is 9.49 Å². The molecule has 0 aromatic carbocycles. The Morgan fingerprint density at radius 3 is 3.00 bits per heavy atom. The molecular weight excluding hydrogens is 289 g/mol. The summed E-state index contributed by atoms with van der Waals surface area (Å²) in [6.45, 7) is 1.21. The normalized spacial score (nSPS) is 29.9. The van der Waals surface area contributed by atoms with Crippen LogP contribution in [0.4, 0.5) is 5.82 Å². The third kappa shape index (κ3) is 1.31. The molecule has 1 saturated carbocycles. The van der Waals surface area contributed by atoms with Gasteiger partial charge in [-0.1, -0.05) is 0 Å². The lowest BCUT2D eigenvalue weighted by atomic mass is 10.1. The molecule has 1 aliphatic carbocycles. The highest BCUT2D eigenvalue weighted by molar-refractivity contribution is 14.1. The molecular formula is C10H12IN3. The van der Waals surface area contributed by atoms with Crippen LogP contribution in [0.15, 0.2) is 12.5 Å². The zero-order valence-corrected chi connectivity index (χ0v) is 10.0. The zero-order chi connectivity index (χ0) is 9.54. The van der Waals surface area contributed by atoms with Crippen molar-refractivity contribution in [2.24, 2.45) is 5.92 Å². The third-order valence-electron chi connectivity index (χ3n) is 3.33. The van der Waals surface area contributed by atoms with Gasteiger partial charge in [-0.25, -0.2) is 9.97 Å². The number of piperidine rings is 1. The van der Waals surface area contributed by atoms with Crippen LogP contribution in [0.25, 0.3) is 0 Å². The van der Waals surface area contributed by atoms with Crippen molar-refractivity contribution in [2.75, 3.05) is 11.4 Å². The van der Waals surface area contributed by atoms with E-state index < -0.39 is 0 Å². The molecule has 0 radical (unpaired) electrons. The van der Waals surface area contributed by atoms with Gasteiger partial charge in [-0.3, -0.25) is 0 Å². The van der Waals surface area contributed by atoms with Crippen LogP contribution in [0.3, 0.4) is 0 Å². The van der Waals surface area contributed by atoms with Gasteiger partial charge in [-0.05, 0) is 47.8 Å². The van der Waals surface area contributed by atoms with Crippen molar-refractivity contribution in [1.29, 1.82) is 0 Å². The Labute approximate surface area is 97.1 Å². The van der Waals surface area contributed by atoms with E-state index in [4.69, 9.17) is 0 Å². The van der Waals surface area contributed by atoms with E-state index in [0.717, 1.165) is 17.8 Å². The van der Waals surface area contributed by atoms with Gasteiger partial charge in [0.25, 0.3) is 0 Å². The summed E-state index contributed by atoms with van der Waals surface area (Å²) in [4.78, 5) is 10.9. The number of hydrogen-bond acceptors (Lipinski definition) is 3. The zero-order valence-electron chi connectivity index (χ0n) is 7.86. The third-order valence-corrected chi connectivity index (χ3v) is 4.09. The number of rotatable bonds is 1. The van der Waals surface area contributed by atoms with Gasteiger partial charge in [0.2, 0.25) is 0 Å². The molecule has 1 aromatic rings. The highest BCUT2D eigenvalue weighted by Gasteiger charge is 2.38. The lowest BCUT2D eigenvalue weighted by Crippen LogP contribution is -2.33. The molecule has 2 unspecified atom stereocenters. The van der Waals surface area contributed by atoms with Crippen molar-refractivity contribution >= 4 is 28.4 Å². The van der Waals surface area contributed by atoms with Crippen LogP contribution in [0.5, 0.6) is 0 Å². The van der Waals surface area contributed by atoms with Crippen LogP contribution in [-0.4, -0.2) is 22.6 Å². The van der Waals surface area contributed by atoms with Crippen molar-refractivity contribution < 1.29 is 0 Å². The smallest absolute Gasteiger partial charge is 0.145 e. The summed E-state index contributed by atoms with van der Waals surface area (Å²) in [5.41, 5.74) is 0. The summed E-state index contributed by atoms with van der Waals surface area (Å²) in [6.07, 6.45) is 7.70. The molecule has 74 valence electrons. The first-order chi connectivity index (χ1) is 6.84. The average molecular weight is 301 g/mol. The summed E-state index contributed by atoms with van der Waals surface area (Å²) >= 11 is 2.32. The van der Waals surface area contributed by atoms with Crippen LogP contribution in [-0.2, 0) is 0 Å². The molecule has 2 atom stereocenters. The Hall–Kier alpha value is -0.390. The molecule has 3 nitrogen and oxygen atoms in total. The fourth-order valence-electron chi connectivity index (χ4n) is 2.70. The Kier molecular flexibility index (Phi) is 2.11. The average Bonchev–Trinajstić information content (AvgIpc) is 2.79. The van der Waals surface area contributed by atoms with E-state index in [1.165, 1.54) is 29.4 Å². The number of aromatic nitrogens is 2. The number of anilines is 1. The van der Waals surface area contributed by atoms with E-state index in [-0.39, 0.29) is 0 Å².